The minimum absolute atomic E-state index is 0.407. The van der Waals surface area contributed by atoms with Crippen LogP contribution in [0.3, 0.4) is 0 Å². The van der Waals surface area contributed by atoms with Gasteiger partial charge in [0.25, 0.3) is 0 Å². The summed E-state index contributed by atoms with van der Waals surface area (Å²) in [5.41, 5.74) is 8.69. The summed E-state index contributed by atoms with van der Waals surface area (Å²) in [6.07, 6.45) is 2.56. The van der Waals surface area contributed by atoms with Crippen LogP contribution in [0.1, 0.15) is 28.8 Å². The van der Waals surface area contributed by atoms with E-state index in [1.165, 1.54) is 7.11 Å². The maximum Gasteiger partial charge on any atom is 0.354 e. The summed E-state index contributed by atoms with van der Waals surface area (Å²) in [5, 5.41) is 4.44. The summed E-state index contributed by atoms with van der Waals surface area (Å²) >= 11 is 3.56. The molecule has 0 spiro atoms. The minimum Gasteiger partial charge on any atom is -0.464 e. The predicted octanol–water partition coefficient (Wildman–Crippen LogP) is 1.96. The van der Waals surface area contributed by atoms with Gasteiger partial charge in [-0.1, -0.05) is 6.92 Å². The van der Waals surface area contributed by atoms with Crippen LogP contribution in [0, 0.1) is 0 Å². The summed E-state index contributed by atoms with van der Waals surface area (Å²) in [6, 6.07) is 1.61. The van der Waals surface area contributed by atoms with Gasteiger partial charge in [0, 0.05) is 13.2 Å². The van der Waals surface area contributed by atoms with Crippen molar-refractivity contribution >= 4 is 27.6 Å². The van der Waals surface area contributed by atoms with Gasteiger partial charge in [0.05, 0.1) is 35.2 Å². The lowest BCUT2D eigenvalue weighted by Gasteiger charge is -2.08. The van der Waals surface area contributed by atoms with E-state index in [1.807, 2.05) is 14.0 Å². The van der Waals surface area contributed by atoms with Crippen molar-refractivity contribution in [3.05, 3.63) is 33.8 Å². The molecule has 0 atom stereocenters. The fourth-order valence-corrected chi connectivity index (χ4v) is 2.83. The molecular weight excluding hydrogens is 324 g/mol. The Morgan fingerprint density at radius 2 is 2.25 bits per heavy atom. The van der Waals surface area contributed by atoms with Crippen molar-refractivity contribution in [2.45, 2.75) is 19.9 Å². The van der Waals surface area contributed by atoms with Crippen LogP contribution in [-0.4, -0.2) is 27.4 Å². The molecule has 2 N–H and O–H groups in total. The first kappa shape index (κ1) is 14.6. The summed E-state index contributed by atoms with van der Waals surface area (Å²) < 4.78 is 9.30. The number of rotatable bonds is 4. The molecule has 0 bridgehead atoms. The number of carbonyl (C=O) groups is 1. The van der Waals surface area contributed by atoms with E-state index < -0.39 is 5.97 Å². The second-order valence-electron chi connectivity index (χ2n) is 4.46. The number of halogens is 1. The number of anilines is 1. The molecule has 0 fully saturated rings. The standard InChI is InChI=1S/C13H17BrN4O2/c1-4-9-12(14)11(17(2)16-9)7-18-6-8(15)5-10(18)13(19)20-3/h5-6H,4,7,15H2,1-3H3. The molecule has 0 saturated carbocycles. The van der Waals surface area contributed by atoms with Crippen molar-refractivity contribution in [3.63, 3.8) is 0 Å². The Morgan fingerprint density at radius 1 is 1.55 bits per heavy atom. The number of nitrogen functional groups attached to an aromatic ring is 1. The van der Waals surface area contributed by atoms with Gasteiger partial charge in [0.15, 0.2) is 0 Å². The van der Waals surface area contributed by atoms with E-state index in [4.69, 9.17) is 10.5 Å². The quantitative estimate of drug-likeness (QED) is 0.863. The number of aryl methyl sites for hydroxylation is 2. The second kappa shape index (κ2) is 5.70. The molecule has 0 aliphatic rings. The third kappa shape index (κ3) is 2.58. The van der Waals surface area contributed by atoms with Crippen LogP contribution in [0.15, 0.2) is 16.7 Å². The Kier molecular flexibility index (Phi) is 4.17. The lowest BCUT2D eigenvalue weighted by molar-refractivity contribution is 0.0589. The van der Waals surface area contributed by atoms with E-state index in [9.17, 15) is 4.79 Å². The maximum atomic E-state index is 11.7. The van der Waals surface area contributed by atoms with E-state index in [0.29, 0.717) is 17.9 Å². The summed E-state index contributed by atoms with van der Waals surface area (Å²) in [7, 11) is 3.23. The summed E-state index contributed by atoms with van der Waals surface area (Å²) in [5.74, 6) is -0.407. The SMILES string of the molecule is CCc1nn(C)c(Cn2cc(N)cc2C(=O)OC)c1Br. The van der Waals surface area contributed by atoms with Gasteiger partial charge in [-0.3, -0.25) is 4.68 Å². The van der Waals surface area contributed by atoms with E-state index in [0.717, 1.165) is 22.3 Å². The van der Waals surface area contributed by atoms with Crippen molar-refractivity contribution in [2.24, 2.45) is 7.05 Å². The number of aromatic nitrogens is 3. The van der Waals surface area contributed by atoms with Crippen LogP contribution in [0.2, 0.25) is 0 Å². The van der Waals surface area contributed by atoms with Crippen LogP contribution >= 0.6 is 15.9 Å². The van der Waals surface area contributed by atoms with Crippen molar-refractivity contribution in [1.29, 1.82) is 0 Å². The van der Waals surface area contributed by atoms with Crippen molar-refractivity contribution in [1.82, 2.24) is 14.3 Å². The van der Waals surface area contributed by atoms with Gasteiger partial charge in [-0.15, -0.1) is 0 Å². The highest BCUT2D eigenvalue weighted by Crippen LogP contribution is 2.24. The minimum atomic E-state index is -0.407. The Hall–Kier alpha value is -1.76. The number of hydrogen-bond donors (Lipinski definition) is 1. The smallest absolute Gasteiger partial charge is 0.354 e. The van der Waals surface area contributed by atoms with E-state index in [1.54, 1.807) is 21.5 Å². The van der Waals surface area contributed by atoms with Gasteiger partial charge in [-0.2, -0.15) is 5.10 Å². The van der Waals surface area contributed by atoms with Gasteiger partial charge in [-0.05, 0) is 28.4 Å². The molecule has 20 heavy (non-hydrogen) atoms. The fourth-order valence-electron chi connectivity index (χ4n) is 2.09. The fraction of sp³-hybridized carbons (Fsp3) is 0.385. The Morgan fingerprint density at radius 3 is 2.80 bits per heavy atom. The Labute approximate surface area is 125 Å². The first-order valence-corrected chi connectivity index (χ1v) is 7.01. The number of esters is 1. The lowest BCUT2D eigenvalue weighted by Crippen LogP contribution is -2.12. The molecule has 2 aromatic rings. The van der Waals surface area contributed by atoms with Crippen LogP contribution in [-0.2, 0) is 24.8 Å². The summed E-state index contributed by atoms with van der Waals surface area (Å²) in [6.45, 7) is 2.54. The molecule has 0 aromatic carbocycles. The first-order chi connectivity index (χ1) is 9.47. The molecule has 0 aliphatic carbocycles. The zero-order valence-electron chi connectivity index (χ0n) is 11.7. The highest BCUT2D eigenvalue weighted by molar-refractivity contribution is 9.10. The molecule has 0 radical (unpaired) electrons. The zero-order chi connectivity index (χ0) is 14.9. The second-order valence-corrected chi connectivity index (χ2v) is 5.26. The molecule has 2 rings (SSSR count). The number of ether oxygens (including phenoxy) is 1. The molecule has 0 saturated heterocycles. The maximum absolute atomic E-state index is 11.7. The molecular formula is C13H17BrN4O2. The average Bonchev–Trinajstić information content (AvgIpc) is 2.92. The van der Waals surface area contributed by atoms with Crippen molar-refractivity contribution in [3.8, 4) is 0 Å². The van der Waals surface area contributed by atoms with Crippen LogP contribution in [0.4, 0.5) is 5.69 Å². The van der Waals surface area contributed by atoms with E-state index >= 15 is 0 Å². The lowest BCUT2D eigenvalue weighted by atomic mass is 10.3. The Bertz CT molecular complexity index is 645. The van der Waals surface area contributed by atoms with Gasteiger partial charge in [-0.25, -0.2) is 4.79 Å². The predicted molar refractivity (Wildman–Crippen MR) is 79.6 cm³/mol. The third-order valence-electron chi connectivity index (χ3n) is 3.14. The first-order valence-electron chi connectivity index (χ1n) is 6.22. The van der Waals surface area contributed by atoms with Crippen molar-refractivity contribution in [2.75, 3.05) is 12.8 Å². The van der Waals surface area contributed by atoms with Crippen LogP contribution in [0.5, 0.6) is 0 Å². The van der Waals surface area contributed by atoms with E-state index in [2.05, 4.69) is 21.0 Å². The topological polar surface area (TPSA) is 75.1 Å². The molecule has 7 heteroatoms. The molecule has 0 amide bonds. The number of hydrogen-bond acceptors (Lipinski definition) is 4. The van der Waals surface area contributed by atoms with E-state index in [-0.39, 0.29) is 0 Å². The van der Waals surface area contributed by atoms with Gasteiger partial charge < -0.3 is 15.0 Å². The summed E-state index contributed by atoms with van der Waals surface area (Å²) in [4.78, 5) is 11.7. The largest absolute Gasteiger partial charge is 0.464 e. The third-order valence-corrected chi connectivity index (χ3v) is 4.05. The number of carbonyl (C=O) groups excluding carboxylic acids is 1. The highest BCUT2D eigenvalue weighted by atomic mass is 79.9. The molecule has 2 aromatic heterocycles. The van der Waals surface area contributed by atoms with Crippen LogP contribution < -0.4 is 5.73 Å². The zero-order valence-corrected chi connectivity index (χ0v) is 13.3. The molecule has 2 heterocycles. The highest BCUT2D eigenvalue weighted by Gasteiger charge is 2.17. The molecule has 108 valence electrons. The average molecular weight is 341 g/mol. The van der Waals surface area contributed by atoms with Gasteiger partial charge >= 0.3 is 5.97 Å². The number of nitrogens with zero attached hydrogens (tertiary/aromatic N) is 3. The van der Waals surface area contributed by atoms with Gasteiger partial charge in [0.1, 0.15) is 5.69 Å². The van der Waals surface area contributed by atoms with Crippen LogP contribution in [0.25, 0.3) is 0 Å². The van der Waals surface area contributed by atoms with Gasteiger partial charge in [0.2, 0.25) is 0 Å². The van der Waals surface area contributed by atoms with Crippen molar-refractivity contribution < 1.29 is 9.53 Å². The Balaban J connectivity index is 2.40. The number of methoxy groups -OCH3 is 1. The molecule has 0 aliphatic heterocycles. The number of nitrogens with two attached hydrogens (primary N) is 1. The molecule has 0 unspecified atom stereocenters. The monoisotopic (exact) mass is 340 g/mol. The normalized spacial score (nSPS) is 10.8. The molecule has 6 nitrogen and oxygen atoms in total.